The summed E-state index contributed by atoms with van der Waals surface area (Å²) in [5.74, 6) is 0. The first-order valence-corrected chi connectivity index (χ1v) is 7.71. The Balaban J connectivity index is 1.99. The van der Waals surface area contributed by atoms with Crippen molar-refractivity contribution in [1.29, 1.82) is 0 Å². The Labute approximate surface area is 133 Å². The van der Waals surface area contributed by atoms with E-state index in [0.717, 1.165) is 12.0 Å². The summed E-state index contributed by atoms with van der Waals surface area (Å²) in [6.45, 7) is 8.38. The molecule has 0 aromatic carbocycles. The smallest absolute Gasteiger partial charge is 0.317 e. The number of methoxy groups -OCH3 is 1. The number of hydrogen-bond acceptors (Lipinski definition) is 3. The Hall–Kier alpha value is -1.62. The summed E-state index contributed by atoms with van der Waals surface area (Å²) in [7, 11) is 3.55. The first-order chi connectivity index (χ1) is 10.2. The molecular weight excluding hydrogens is 278 g/mol. The van der Waals surface area contributed by atoms with Crippen molar-refractivity contribution in [2.45, 2.75) is 51.8 Å². The van der Waals surface area contributed by atoms with Crippen molar-refractivity contribution < 1.29 is 9.53 Å². The number of aromatic nitrogens is 1. The van der Waals surface area contributed by atoms with E-state index in [0.29, 0.717) is 0 Å². The predicted octanol–water partition coefficient (Wildman–Crippen LogP) is 2.99. The first-order valence-electron chi connectivity index (χ1n) is 7.71. The van der Waals surface area contributed by atoms with Crippen molar-refractivity contribution in [2.75, 3.05) is 14.2 Å². The van der Waals surface area contributed by atoms with Gasteiger partial charge in [-0.05, 0) is 38.0 Å². The Bertz CT molecular complexity index is 532. The van der Waals surface area contributed by atoms with Crippen LogP contribution < -0.4 is 5.32 Å². The molecular formula is C17H27N3O2. The van der Waals surface area contributed by atoms with Gasteiger partial charge in [0, 0.05) is 38.0 Å². The van der Waals surface area contributed by atoms with Gasteiger partial charge in [-0.15, -0.1) is 0 Å². The lowest BCUT2D eigenvalue weighted by atomic mass is 9.56. The van der Waals surface area contributed by atoms with Gasteiger partial charge in [0.2, 0.25) is 0 Å². The van der Waals surface area contributed by atoms with Crippen molar-refractivity contribution >= 4 is 6.03 Å². The van der Waals surface area contributed by atoms with Crippen LogP contribution in [-0.4, -0.2) is 41.7 Å². The van der Waals surface area contributed by atoms with Gasteiger partial charge >= 0.3 is 6.03 Å². The summed E-state index contributed by atoms with van der Waals surface area (Å²) in [5.41, 5.74) is 0.806. The number of urea groups is 1. The van der Waals surface area contributed by atoms with E-state index in [2.05, 4.69) is 31.1 Å². The van der Waals surface area contributed by atoms with Crippen molar-refractivity contribution in [3.63, 3.8) is 0 Å². The third-order valence-electron chi connectivity index (χ3n) is 5.67. The van der Waals surface area contributed by atoms with E-state index in [-0.39, 0.29) is 29.1 Å². The molecule has 5 heteroatoms. The van der Waals surface area contributed by atoms with Crippen LogP contribution in [0.4, 0.5) is 4.79 Å². The number of nitrogens with zero attached hydrogens (tertiary/aromatic N) is 2. The van der Waals surface area contributed by atoms with Gasteiger partial charge in [-0.25, -0.2) is 4.79 Å². The number of pyridine rings is 1. The monoisotopic (exact) mass is 305 g/mol. The summed E-state index contributed by atoms with van der Waals surface area (Å²) >= 11 is 0. The molecule has 0 bridgehead atoms. The lowest BCUT2D eigenvalue weighted by Crippen LogP contribution is -2.69. The minimum absolute atomic E-state index is 0.00000223. The van der Waals surface area contributed by atoms with Gasteiger partial charge < -0.3 is 15.0 Å². The quantitative estimate of drug-likeness (QED) is 0.930. The summed E-state index contributed by atoms with van der Waals surface area (Å²) in [6.07, 6.45) is 4.33. The van der Waals surface area contributed by atoms with Gasteiger partial charge in [0.15, 0.2) is 0 Å². The highest BCUT2D eigenvalue weighted by Gasteiger charge is 2.58. The minimum atomic E-state index is -0.180. The number of ether oxygens (including phenoxy) is 1. The fraction of sp³-hybridized carbons (Fsp3) is 0.647. The fourth-order valence-electron chi connectivity index (χ4n) is 3.02. The molecule has 1 fully saturated rings. The van der Waals surface area contributed by atoms with Gasteiger partial charge in [0.1, 0.15) is 0 Å². The second kappa shape index (κ2) is 5.88. The molecule has 0 saturated heterocycles. The maximum Gasteiger partial charge on any atom is 0.317 e. The van der Waals surface area contributed by atoms with Crippen LogP contribution in [-0.2, 0) is 4.74 Å². The third-order valence-corrected chi connectivity index (χ3v) is 5.67. The van der Waals surface area contributed by atoms with E-state index in [1.165, 1.54) is 0 Å². The third kappa shape index (κ3) is 2.70. The molecule has 1 aromatic heterocycles. The topological polar surface area (TPSA) is 54.5 Å². The van der Waals surface area contributed by atoms with Crippen LogP contribution in [0.2, 0.25) is 0 Å². The highest BCUT2D eigenvalue weighted by Crippen LogP contribution is 2.51. The van der Waals surface area contributed by atoms with Crippen molar-refractivity contribution in [3.05, 3.63) is 30.1 Å². The average Bonchev–Trinajstić information content (AvgIpc) is 2.53. The molecule has 1 N–H and O–H groups in total. The van der Waals surface area contributed by atoms with E-state index in [1.807, 2.05) is 26.1 Å². The maximum atomic E-state index is 12.5. The molecule has 0 radical (unpaired) electrons. The largest absolute Gasteiger partial charge is 0.378 e. The van der Waals surface area contributed by atoms with E-state index in [4.69, 9.17) is 4.74 Å². The average molecular weight is 305 g/mol. The van der Waals surface area contributed by atoms with E-state index < -0.39 is 0 Å². The molecule has 3 atom stereocenters. The highest BCUT2D eigenvalue weighted by molar-refractivity contribution is 5.75. The van der Waals surface area contributed by atoms with Gasteiger partial charge in [0.25, 0.3) is 0 Å². The minimum Gasteiger partial charge on any atom is -0.378 e. The molecule has 0 unspecified atom stereocenters. The van der Waals surface area contributed by atoms with Crippen LogP contribution >= 0.6 is 0 Å². The molecule has 1 aliphatic carbocycles. The lowest BCUT2D eigenvalue weighted by Gasteiger charge is -2.59. The zero-order valence-electron chi connectivity index (χ0n) is 14.4. The number of hydrogen-bond donors (Lipinski definition) is 1. The number of nitrogens with one attached hydrogen (secondary N) is 1. The Morgan fingerprint density at radius 3 is 2.50 bits per heavy atom. The lowest BCUT2D eigenvalue weighted by molar-refractivity contribution is -0.177. The Morgan fingerprint density at radius 2 is 2.00 bits per heavy atom. The number of rotatable bonds is 4. The molecule has 1 aromatic rings. The molecule has 1 heterocycles. The number of carbonyl (C=O) groups is 1. The van der Waals surface area contributed by atoms with Gasteiger partial charge in [-0.3, -0.25) is 4.98 Å². The Kier molecular flexibility index (Phi) is 4.47. The SMILES string of the molecule is CO[C@]1(C)C[C@H](NC(=O)N(C)[C@H](C)c2ccncc2)C1(C)C. The van der Waals surface area contributed by atoms with Gasteiger partial charge in [-0.1, -0.05) is 13.8 Å². The standard InChI is InChI=1S/C17H27N3O2/c1-12(13-7-9-18-10-8-13)20(5)15(21)19-14-11-17(4,22-6)16(14,2)3/h7-10,12,14H,11H2,1-6H3,(H,19,21)/t12-,14+,17-/m1/s1. The molecule has 0 aliphatic heterocycles. The molecule has 2 rings (SSSR count). The fourth-order valence-corrected chi connectivity index (χ4v) is 3.02. The van der Waals surface area contributed by atoms with Crippen LogP contribution in [0.25, 0.3) is 0 Å². The van der Waals surface area contributed by atoms with Crippen molar-refractivity contribution in [1.82, 2.24) is 15.2 Å². The van der Waals surface area contributed by atoms with E-state index >= 15 is 0 Å². The van der Waals surface area contributed by atoms with Crippen LogP contribution in [0.1, 0.15) is 45.7 Å². The summed E-state index contributed by atoms with van der Waals surface area (Å²) in [6, 6.07) is 3.94. The molecule has 5 nitrogen and oxygen atoms in total. The van der Waals surface area contributed by atoms with Crippen LogP contribution in [0.5, 0.6) is 0 Å². The number of amides is 2. The van der Waals surface area contributed by atoms with Gasteiger partial charge in [-0.2, -0.15) is 0 Å². The normalized spacial score (nSPS) is 27.6. The first kappa shape index (κ1) is 16.7. The molecule has 1 saturated carbocycles. The summed E-state index contributed by atoms with van der Waals surface area (Å²) in [5, 5.41) is 3.14. The van der Waals surface area contributed by atoms with E-state index in [9.17, 15) is 4.79 Å². The maximum absolute atomic E-state index is 12.5. The molecule has 0 spiro atoms. The zero-order valence-corrected chi connectivity index (χ0v) is 14.4. The van der Waals surface area contributed by atoms with Gasteiger partial charge in [0.05, 0.1) is 11.6 Å². The van der Waals surface area contributed by atoms with E-state index in [1.54, 1.807) is 24.4 Å². The zero-order chi connectivity index (χ0) is 16.5. The summed E-state index contributed by atoms with van der Waals surface area (Å²) < 4.78 is 5.61. The number of carbonyl (C=O) groups excluding carboxylic acids is 1. The molecule has 2 amide bonds. The summed E-state index contributed by atoms with van der Waals surface area (Å²) in [4.78, 5) is 18.3. The Morgan fingerprint density at radius 1 is 1.41 bits per heavy atom. The predicted molar refractivity (Wildman–Crippen MR) is 86.5 cm³/mol. The second-order valence-electron chi connectivity index (χ2n) is 6.93. The van der Waals surface area contributed by atoms with Crippen LogP contribution in [0.3, 0.4) is 0 Å². The highest BCUT2D eigenvalue weighted by atomic mass is 16.5. The van der Waals surface area contributed by atoms with Crippen molar-refractivity contribution in [2.24, 2.45) is 5.41 Å². The molecule has 122 valence electrons. The van der Waals surface area contributed by atoms with Crippen LogP contribution in [0, 0.1) is 5.41 Å². The molecule has 22 heavy (non-hydrogen) atoms. The van der Waals surface area contributed by atoms with Crippen LogP contribution in [0.15, 0.2) is 24.5 Å². The van der Waals surface area contributed by atoms with Crippen molar-refractivity contribution in [3.8, 4) is 0 Å². The molecule has 1 aliphatic rings. The second-order valence-corrected chi connectivity index (χ2v) is 6.93.